The molecule has 2 nitrogen and oxygen atoms in total. The zero-order valence-electron chi connectivity index (χ0n) is 10.6. The first kappa shape index (κ1) is 11.4. The van der Waals surface area contributed by atoms with Gasteiger partial charge in [0.25, 0.3) is 0 Å². The van der Waals surface area contributed by atoms with E-state index in [0.717, 1.165) is 18.5 Å². The lowest BCUT2D eigenvalue weighted by molar-refractivity contribution is 0.233. The Kier molecular flexibility index (Phi) is 3.36. The van der Waals surface area contributed by atoms with Crippen molar-refractivity contribution in [3.8, 4) is 0 Å². The van der Waals surface area contributed by atoms with E-state index >= 15 is 0 Å². The molecule has 0 spiro atoms. The van der Waals surface area contributed by atoms with Gasteiger partial charge in [-0.05, 0) is 52.5 Å². The molecule has 2 heteroatoms. The molecule has 1 heterocycles. The smallest absolute Gasteiger partial charge is 0.0124 e. The Morgan fingerprint density at radius 2 is 2.00 bits per heavy atom. The molecule has 2 rings (SSSR count). The average Bonchev–Trinajstić information content (AvgIpc) is 2.66. The molecule has 0 aromatic carbocycles. The van der Waals surface area contributed by atoms with Crippen molar-refractivity contribution in [2.45, 2.75) is 58.0 Å². The third-order valence-corrected chi connectivity index (χ3v) is 3.93. The van der Waals surface area contributed by atoms with Gasteiger partial charge >= 0.3 is 0 Å². The molecular formula is C13H26N2. The number of fused-ring (bicyclic) bond motifs is 1. The van der Waals surface area contributed by atoms with Gasteiger partial charge in [0.05, 0.1) is 0 Å². The Bertz CT molecular complexity index is 207. The van der Waals surface area contributed by atoms with Crippen molar-refractivity contribution in [2.75, 3.05) is 19.6 Å². The maximum atomic E-state index is 3.59. The molecule has 88 valence electrons. The molecule has 15 heavy (non-hydrogen) atoms. The summed E-state index contributed by atoms with van der Waals surface area (Å²) in [7, 11) is 0. The summed E-state index contributed by atoms with van der Waals surface area (Å²) in [4.78, 5) is 2.72. The van der Waals surface area contributed by atoms with Crippen LogP contribution in [0, 0.1) is 5.92 Å². The first-order chi connectivity index (χ1) is 7.06. The average molecular weight is 210 g/mol. The van der Waals surface area contributed by atoms with Crippen LogP contribution in [0.2, 0.25) is 0 Å². The van der Waals surface area contributed by atoms with Crippen molar-refractivity contribution in [2.24, 2.45) is 5.92 Å². The van der Waals surface area contributed by atoms with Crippen LogP contribution < -0.4 is 5.32 Å². The van der Waals surface area contributed by atoms with E-state index in [9.17, 15) is 0 Å². The zero-order chi connectivity index (χ0) is 10.9. The molecule has 2 fully saturated rings. The SMILES string of the molecule is CC(C)(C)NCCN1CCC2CCCC21. The fraction of sp³-hybridized carbons (Fsp3) is 1.00. The monoisotopic (exact) mass is 210 g/mol. The maximum absolute atomic E-state index is 3.59. The third kappa shape index (κ3) is 2.94. The predicted molar refractivity (Wildman–Crippen MR) is 65.1 cm³/mol. The van der Waals surface area contributed by atoms with E-state index in [-0.39, 0.29) is 5.54 Å². The molecule has 0 amide bonds. The van der Waals surface area contributed by atoms with Crippen molar-refractivity contribution in [1.82, 2.24) is 10.2 Å². The third-order valence-electron chi connectivity index (χ3n) is 3.93. The number of nitrogens with zero attached hydrogens (tertiary/aromatic N) is 1. The second-order valence-corrected chi connectivity index (χ2v) is 6.26. The van der Waals surface area contributed by atoms with Gasteiger partial charge in [-0.15, -0.1) is 0 Å². The molecule has 1 saturated carbocycles. The largest absolute Gasteiger partial charge is 0.311 e. The highest BCUT2D eigenvalue weighted by Gasteiger charge is 2.36. The van der Waals surface area contributed by atoms with Crippen molar-refractivity contribution in [3.63, 3.8) is 0 Å². The minimum absolute atomic E-state index is 0.273. The van der Waals surface area contributed by atoms with E-state index in [1.807, 2.05) is 0 Å². The van der Waals surface area contributed by atoms with Gasteiger partial charge in [0.1, 0.15) is 0 Å². The summed E-state index contributed by atoms with van der Waals surface area (Å²) in [6, 6.07) is 0.937. The lowest BCUT2D eigenvalue weighted by Gasteiger charge is -2.26. The van der Waals surface area contributed by atoms with E-state index in [2.05, 4.69) is 31.0 Å². The lowest BCUT2D eigenvalue weighted by atomic mass is 10.0. The predicted octanol–water partition coefficient (Wildman–Crippen LogP) is 2.25. The zero-order valence-corrected chi connectivity index (χ0v) is 10.6. The summed E-state index contributed by atoms with van der Waals surface area (Å²) in [6.45, 7) is 10.5. The highest BCUT2D eigenvalue weighted by atomic mass is 15.2. The maximum Gasteiger partial charge on any atom is 0.0124 e. The van der Waals surface area contributed by atoms with Crippen LogP contribution in [0.5, 0.6) is 0 Å². The van der Waals surface area contributed by atoms with E-state index in [0.29, 0.717) is 0 Å². The lowest BCUT2D eigenvalue weighted by Crippen LogP contribution is -2.42. The molecule has 1 aliphatic carbocycles. The van der Waals surface area contributed by atoms with Crippen LogP contribution in [-0.4, -0.2) is 36.1 Å². The standard InChI is InChI=1S/C13H26N2/c1-13(2,3)14-8-10-15-9-7-11-5-4-6-12(11)15/h11-12,14H,4-10H2,1-3H3. The van der Waals surface area contributed by atoms with Gasteiger partial charge in [-0.2, -0.15) is 0 Å². The van der Waals surface area contributed by atoms with Crippen LogP contribution >= 0.6 is 0 Å². The molecule has 0 radical (unpaired) electrons. The van der Waals surface area contributed by atoms with Crippen LogP contribution in [-0.2, 0) is 0 Å². The second kappa shape index (κ2) is 4.42. The quantitative estimate of drug-likeness (QED) is 0.768. The molecular weight excluding hydrogens is 184 g/mol. The molecule has 2 aliphatic rings. The number of rotatable bonds is 3. The molecule has 0 aromatic heterocycles. The summed E-state index contributed by atoms with van der Waals surface area (Å²) >= 11 is 0. The molecule has 0 aromatic rings. The highest BCUT2D eigenvalue weighted by molar-refractivity contribution is 4.91. The van der Waals surface area contributed by atoms with Crippen molar-refractivity contribution in [1.29, 1.82) is 0 Å². The summed E-state index contributed by atoms with van der Waals surface area (Å²) in [6.07, 6.45) is 5.88. The van der Waals surface area contributed by atoms with Gasteiger partial charge < -0.3 is 5.32 Å². The van der Waals surface area contributed by atoms with E-state index in [4.69, 9.17) is 0 Å². The fourth-order valence-electron chi connectivity index (χ4n) is 3.18. The van der Waals surface area contributed by atoms with Crippen LogP contribution in [0.25, 0.3) is 0 Å². The van der Waals surface area contributed by atoms with Crippen molar-refractivity contribution >= 4 is 0 Å². The van der Waals surface area contributed by atoms with Gasteiger partial charge in [-0.25, -0.2) is 0 Å². The van der Waals surface area contributed by atoms with Gasteiger partial charge in [0.15, 0.2) is 0 Å². The minimum atomic E-state index is 0.273. The van der Waals surface area contributed by atoms with Crippen LogP contribution in [0.4, 0.5) is 0 Å². The number of nitrogens with one attached hydrogen (secondary N) is 1. The molecule has 2 unspecified atom stereocenters. The van der Waals surface area contributed by atoms with Gasteiger partial charge in [-0.3, -0.25) is 4.90 Å². The fourth-order valence-corrected chi connectivity index (χ4v) is 3.18. The van der Waals surface area contributed by atoms with Gasteiger partial charge in [0.2, 0.25) is 0 Å². The minimum Gasteiger partial charge on any atom is -0.311 e. The Hall–Kier alpha value is -0.0800. The van der Waals surface area contributed by atoms with Crippen molar-refractivity contribution < 1.29 is 0 Å². The van der Waals surface area contributed by atoms with E-state index < -0.39 is 0 Å². The topological polar surface area (TPSA) is 15.3 Å². The first-order valence-electron chi connectivity index (χ1n) is 6.55. The molecule has 1 aliphatic heterocycles. The summed E-state index contributed by atoms with van der Waals surface area (Å²) in [5.41, 5.74) is 0.273. The number of hydrogen-bond donors (Lipinski definition) is 1. The van der Waals surface area contributed by atoms with Crippen molar-refractivity contribution in [3.05, 3.63) is 0 Å². The van der Waals surface area contributed by atoms with Gasteiger partial charge in [-0.1, -0.05) is 6.42 Å². The van der Waals surface area contributed by atoms with Gasteiger partial charge in [0, 0.05) is 24.7 Å². The Labute approximate surface area is 94.4 Å². The normalized spacial score (nSPS) is 32.2. The highest BCUT2D eigenvalue weighted by Crippen LogP contribution is 2.37. The summed E-state index contributed by atoms with van der Waals surface area (Å²) in [5.74, 6) is 1.04. The van der Waals surface area contributed by atoms with Crippen LogP contribution in [0.3, 0.4) is 0 Å². The summed E-state index contributed by atoms with van der Waals surface area (Å²) < 4.78 is 0. The summed E-state index contributed by atoms with van der Waals surface area (Å²) in [5, 5.41) is 3.59. The molecule has 0 bridgehead atoms. The first-order valence-corrected chi connectivity index (χ1v) is 6.55. The molecule has 1 N–H and O–H groups in total. The molecule has 1 saturated heterocycles. The van der Waals surface area contributed by atoms with E-state index in [1.54, 1.807) is 0 Å². The number of likely N-dealkylation sites (tertiary alicyclic amines) is 1. The van der Waals surface area contributed by atoms with Crippen LogP contribution in [0.1, 0.15) is 46.5 Å². The molecule has 2 atom stereocenters. The van der Waals surface area contributed by atoms with E-state index in [1.165, 1.54) is 38.8 Å². The Balaban J connectivity index is 1.71. The van der Waals surface area contributed by atoms with Crippen LogP contribution in [0.15, 0.2) is 0 Å². The Morgan fingerprint density at radius 1 is 1.20 bits per heavy atom. The Morgan fingerprint density at radius 3 is 2.73 bits per heavy atom. The second-order valence-electron chi connectivity index (χ2n) is 6.26. The number of hydrogen-bond acceptors (Lipinski definition) is 2.